The van der Waals surface area contributed by atoms with Crippen LogP contribution in [0, 0.1) is 11.6 Å². The lowest BCUT2D eigenvalue weighted by Crippen LogP contribution is -2.15. The second-order valence-corrected chi connectivity index (χ2v) is 5.95. The summed E-state index contributed by atoms with van der Waals surface area (Å²) >= 11 is 0. The number of aromatic nitrogens is 2. The SMILES string of the molecule is O=C(Nc1ccc(F)cc1F)c1ccc(-n2nc(C(F)(F)F)cc2C(F)(F)F)cc1. The highest BCUT2D eigenvalue weighted by Crippen LogP contribution is 2.36. The molecule has 0 radical (unpaired) electrons. The maximum absolute atomic E-state index is 13.6. The van der Waals surface area contributed by atoms with Crippen molar-refractivity contribution in [2.24, 2.45) is 0 Å². The molecule has 0 spiro atoms. The van der Waals surface area contributed by atoms with E-state index in [4.69, 9.17) is 0 Å². The number of carbonyl (C=O) groups excluding carboxylic acids is 1. The normalized spacial score (nSPS) is 12.1. The molecule has 0 saturated carbocycles. The summed E-state index contributed by atoms with van der Waals surface area (Å²) in [5, 5.41) is 5.11. The lowest BCUT2D eigenvalue weighted by molar-refractivity contribution is -0.143. The number of benzene rings is 2. The molecule has 1 amide bonds. The predicted molar refractivity (Wildman–Crippen MR) is 87.9 cm³/mol. The predicted octanol–water partition coefficient (Wildman–Crippen LogP) is 5.44. The van der Waals surface area contributed by atoms with Crippen LogP contribution in [0.25, 0.3) is 5.69 Å². The van der Waals surface area contributed by atoms with Crippen molar-refractivity contribution >= 4 is 11.6 Å². The van der Waals surface area contributed by atoms with Gasteiger partial charge in [0.25, 0.3) is 5.91 Å². The Labute approximate surface area is 162 Å². The maximum Gasteiger partial charge on any atom is 0.435 e. The van der Waals surface area contributed by atoms with E-state index < -0.39 is 41.3 Å². The Morgan fingerprint density at radius 3 is 2.03 bits per heavy atom. The molecule has 0 aliphatic carbocycles. The van der Waals surface area contributed by atoms with Crippen LogP contribution in [0.5, 0.6) is 0 Å². The number of anilines is 1. The fraction of sp³-hybridized carbons (Fsp3) is 0.111. The van der Waals surface area contributed by atoms with Gasteiger partial charge in [0.15, 0.2) is 5.69 Å². The third-order valence-corrected chi connectivity index (χ3v) is 3.84. The van der Waals surface area contributed by atoms with Gasteiger partial charge in [-0.3, -0.25) is 4.79 Å². The first-order chi connectivity index (χ1) is 13.9. The van der Waals surface area contributed by atoms with E-state index in [2.05, 4.69) is 10.4 Å². The van der Waals surface area contributed by atoms with Crippen LogP contribution in [0.4, 0.5) is 40.8 Å². The van der Waals surface area contributed by atoms with E-state index >= 15 is 0 Å². The van der Waals surface area contributed by atoms with E-state index in [0.29, 0.717) is 6.07 Å². The van der Waals surface area contributed by atoms with Crippen molar-refractivity contribution in [2.45, 2.75) is 12.4 Å². The number of alkyl halides is 6. The Balaban J connectivity index is 1.90. The zero-order chi connectivity index (χ0) is 22.3. The first kappa shape index (κ1) is 21.3. The van der Waals surface area contributed by atoms with E-state index in [9.17, 15) is 39.9 Å². The van der Waals surface area contributed by atoms with Gasteiger partial charge in [-0.05, 0) is 36.4 Å². The summed E-state index contributed by atoms with van der Waals surface area (Å²) in [7, 11) is 0. The largest absolute Gasteiger partial charge is 0.435 e. The molecule has 0 fully saturated rings. The molecule has 3 rings (SSSR count). The number of carbonyl (C=O) groups is 1. The minimum atomic E-state index is -5.12. The summed E-state index contributed by atoms with van der Waals surface area (Å²) in [6, 6.07) is 6.19. The molecule has 0 atom stereocenters. The number of nitrogens with one attached hydrogen (secondary N) is 1. The van der Waals surface area contributed by atoms with Crippen molar-refractivity contribution < 1.29 is 39.9 Å². The van der Waals surface area contributed by atoms with Gasteiger partial charge in [0, 0.05) is 17.7 Å². The van der Waals surface area contributed by atoms with E-state index in [1.54, 1.807) is 0 Å². The Kier molecular flexibility index (Phi) is 5.27. The van der Waals surface area contributed by atoms with Gasteiger partial charge in [0.2, 0.25) is 0 Å². The fourth-order valence-electron chi connectivity index (χ4n) is 2.46. The molecule has 158 valence electrons. The average molecular weight is 435 g/mol. The summed E-state index contributed by atoms with van der Waals surface area (Å²) in [6.07, 6.45) is -10.2. The highest BCUT2D eigenvalue weighted by Gasteiger charge is 2.42. The van der Waals surface area contributed by atoms with E-state index in [-0.39, 0.29) is 27.7 Å². The minimum absolute atomic E-state index is 0.0597. The van der Waals surface area contributed by atoms with Gasteiger partial charge < -0.3 is 5.32 Å². The molecule has 0 aliphatic rings. The van der Waals surface area contributed by atoms with Crippen molar-refractivity contribution in [3.8, 4) is 5.69 Å². The summed E-state index contributed by atoms with van der Waals surface area (Å²) < 4.78 is 104. The van der Waals surface area contributed by atoms with Crippen LogP contribution >= 0.6 is 0 Å². The Morgan fingerprint density at radius 1 is 0.867 bits per heavy atom. The van der Waals surface area contributed by atoms with Gasteiger partial charge in [-0.1, -0.05) is 0 Å². The first-order valence-corrected chi connectivity index (χ1v) is 7.97. The Hall–Kier alpha value is -3.44. The van der Waals surface area contributed by atoms with Crippen LogP contribution in [-0.2, 0) is 12.4 Å². The highest BCUT2D eigenvalue weighted by atomic mass is 19.4. The van der Waals surface area contributed by atoms with Gasteiger partial charge in [-0.25, -0.2) is 13.5 Å². The molecular weight excluding hydrogens is 426 g/mol. The summed E-state index contributed by atoms with van der Waals surface area (Å²) in [5.74, 6) is -2.79. The number of rotatable bonds is 3. The average Bonchev–Trinajstić information content (AvgIpc) is 3.10. The molecule has 30 heavy (non-hydrogen) atoms. The van der Waals surface area contributed by atoms with Crippen molar-refractivity contribution in [3.05, 3.63) is 77.1 Å². The van der Waals surface area contributed by atoms with Crippen LogP contribution in [-0.4, -0.2) is 15.7 Å². The molecule has 4 nitrogen and oxygen atoms in total. The molecule has 0 unspecified atom stereocenters. The van der Waals surface area contributed by atoms with Crippen LogP contribution in [0.1, 0.15) is 21.7 Å². The van der Waals surface area contributed by atoms with Crippen LogP contribution < -0.4 is 5.32 Å². The van der Waals surface area contributed by atoms with Crippen molar-refractivity contribution in [2.75, 3.05) is 5.32 Å². The number of hydrogen-bond donors (Lipinski definition) is 1. The van der Waals surface area contributed by atoms with E-state index in [1.165, 1.54) is 0 Å². The van der Waals surface area contributed by atoms with Gasteiger partial charge in [-0.2, -0.15) is 31.4 Å². The maximum atomic E-state index is 13.6. The summed E-state index contributed by atoms with van der Waals surface area (Å²) in [5.41, 5.74) is -4.25. The van der Waals surface area contributed by atoms with E-state index in [1.807, 2.05) is 0 Å². The molecular formula is C18H9F8N3O. The van der Waals surface area contributed by atoms with Gasteiger partial charge in [0.05, 0.1) is 11.4 Å². The van der Waals surface area contributed by atoms with Gasteiger partial charge in [0.1, 0.15) is 17.3 Å². The quantitative estimate of drug-likeness (QED) is 0.557. The monoisotopic (exact) mass is 435 g/mol. The molecule has 0 saturated heterocycles. The number of nitrogens with zero attached hydrogens (tertiary/aromatic N) is 2. The first-order valence-electron chi connectivity index (χ1n) is 7.97. The molecule has 1 heterocycles. The lowest BCUT2D eigenvalue weighted by Gasteiger charge is -2.11. The third kappa shape index (κ3) is 4.42. The lowest BCUT2D eigenvalue weighted by atomic mass is 10.2. The molecule has 1 aromatic heterocycles. The zero-order valence-corrected chi connectivity index (χ0v) is 14.4. The van der Waals surface area contributed by atoms with Crippen molar-refractivity contribution in [1.29, 1.82) is 0 Å². The molecule has 12 heteroatoms. The van der Waals surface area contributed by atoms with Crippen LogP contribution in [0.2, 0.25) is 0 Å². The Bertz CT molecular complexity index is 1080. The fourth-order valence-corrected chi connectivity index (χ4v) is 2.46. The number of amides is 1. The number of hydrogen-bond acceptors (Lipinski definition) is 2. The van der Waals surface area contributed by atoms with Crippen LogP contribution in [0.3, 0.4) is 0 Å². The van der Waals surface area contributed by atoms with Crippen LogP contribution in [0.15, 0.2) is 48.5 Å². The van der Waals surface area contributed by atoms with Gasteiger partial charge in [-0.15, -0.1) is 0 Å². The topological polar surface area (TPSA) is 46.9 Å². The van der Waals surface area contributed by atoms with E-state index in [0.717, 1.165) is 36.4 Å². The third-order valence-electron chi connectivity index (χ3n) is 3.84. The summed E-state index contributed by atoms with van der Waals surface area (Å²) in [6.45, 7) is 0. The van der Waals surface area contributed by atoms with Crippen molar-refractivity contribution in [1.82, 2.24) is 9.78 Å². The highest BCUT2D eigenvalue weighted by molar-refractivity contribution is 6.04. The molecule has 0 bridgehead atoms. The molecule has 2 aromatic carbocycles. The molecule has 3 aromatic rings. The Morgan fingerprint density at radius 2 is 1.50 bits per heavy atom. The summed E-state index contributed by atoms with van der Waals surface area (Å²) in [4.78, 5) is 12.1. The second-order valence-electron chi connectivity index (χ2n) is 5.95. The smallest absolute Gasteiger partial charge is 0.319 e. The molecule has 1 N–H and O–H groups in total. The number of halogens is 8. The van der Waals surface area contributed by atoms with Crippen molar-refractivity contribution in [3.63, 3.8) is 0 Å². The molecule has 0 aliphatic heterocycles. The second kappa shape index (κ2) is 7.43. The standard InChI is InChI=1S/C18H9F8N3O/c19-10-3-6-13(12(20)7-10)27-16(30)9-1-4-11(5-2-9)29-15(18(24,25)26)8-14(28-29)17(21,22)23/h1-8H,(H,27,30). The minimum Gasteiger partial charge on any atom is -0.319 e. The van der Waals surface area contributed by atoms with Gasteiger partial charge >= 0.3 is 12.4 Å². The zero-order valence-electron chi connectivity index (χ0n) is 14.4.